The van der Waals surface area contributed by atoms with Gasteiger partial charge in [0.25, 0.3) is 0 Å². The van der Waals surface area contributed by atoms with Crippen LogP contribution in [0.2, 0.25) is 0 Å². The molecule has 9 heteroatoms. The summed E-state index contributed by atoms with van der Waals surface area (Å²) in [7, 11) is 0. The average molecular weight is 587 g/mol. The summed E-state index contributed by atoms with van der Waals surface area (Å²) in [6.07, 6.45) is 2.80. The summed E-state index contributed by atoms with van der Waals surface area (Å²) >= 11 is 0. The normalized spacial score (nSPS) is 41.8. The molecule has 0 spiro atoms. The number of benzene rings is 1. The van der Waals surface area contributed by atoms with E-state index in [-0.39, 0.29) is 37.7 Å². The highest BCUT2D eigenvalue weighted by molar-refractivity contribution is 5.29. The van der Waals surface area contributed by atoms with E-state index in [4.69, 9.17) is 14.2 Å². The lowest BCUT2D eigenvalue weighted by Crippen LogP contribution is -2.70. The quantitative estimate of drug-likeness (QED) is 0.199. The number of aliphatic hydroxyl groups is 6. The highest BCUT2D eigenvalue weighted by Crippen LogP contribution is 2.51. The third kappa shape index (κ3) is 6.36. The van der Waals surface area contributed by atoms with Crippen molar-refractivity contribution in [1.29, 1.82) is 0 Å². The topological polar surface area (TPSA) is 149 Å². The molecule has 0 amide bonds. The van der Waals surface area contributed by atoms with Gasteiger partial charge < -0.3 is 44.8 Å². The second kappa shape index (κ2) is 13.2. The van der Waals surface area contributed by atoms with Crippen molar-refractivity contribution >= 4 is 0 Å². The molecule has 3 fully saturated rings. The average Bonchev–Trinajstić information content (AvgIpc) is 3.37. The number of hydrogen-bond donors (Lipinski definition) is 6. The summed E-state index contributed by atoms with van der Waals surface area (Å²) < 4.78 is 18.2. The lowest BCUT2D eigenvalue weighted by atomic mass is 9.64. The van der Waals surface area contributed by atoms with Gasteiger partial charge in [-0.05, 0) is 93.2 Å². The molecule has 5 aliphatic rings. The maximum Gasteiger partial charge on any atom is 0.232 e. The van der Waals surface area contributed by atoms with Crippen molar-refractivity contribution in [3.8, 4) is 17.8 Å². The van der Waals surface area contributed by atoms with Crippen molar-refractivity contribution in [2.75, 3.05) is 6.61 Å². The molecule has 11 unspecified atom stereocenters. The van der Waals surface area contributed by atoms with Crippen LogP contribution in [0, 0.1) is 29.8 Å². The molecule has 2 saturated carbocycles. The monoisotopic (exact) mass is 586 g/mol. The summed E-state index contributed by atoms with van der Waals surface area (Å²) in [6.45, 7) is 3.65. The number of rotatable bonds is 8. The number of allylic oxidation sites excluding steroid dienone is 1. The molecule has 42 heavy (non-hydrogen) atoms. The minimum absolute atomic E-state index is 0.0757. The third-order valence-corrected chi connectivity index (χ3v) is 10.1. The molecule has 3 heterocycles. The van der Waals surface area contributed by atoms with Gasteiger partial charge in [-0.15, -0.1) is 6.58 Å². The molecule has 2 aliphatic carbocycles. The van der Waals surface area contributed by atoms with Crippen LogP contribution >= 0.6 is 0 Å². The number of ether oxygens (including phenoxy) is 3. The van der Waals surface area contributed by atoms with Crippen molar-refractivity contribution in [2.45, 2.75) is 119 Å². The Morgan fingerprint density at radius 2 is 1.86 bits per heavy atom. The second-order valence-electron chi connectivity index (χ2n) is 12.8. The Hall–Kier alpha value is -2.16. The Morgan fingerprint density at radius 1 is 1.07 bits per heavy atom. The van der Waals surface area contributed by atoms with E-state index >= 15 is 0 Å². The number of aliphatic hydroxyl groups excluding tert-OH is 4. The first-order chi connectivity index (χ1) is 20.2. The van der Waals surface area contributed by atoms with E-state index < -0.39 is 53.9 Å². The van der Waals surface area contributed by atoms with Crippen LogP contribution in [0.1, 0.15) is 69.8 Å². The zero-order valence-electron chi connectivity index (χ0n) is 24.2. The van der Waals surface area contributed by atoms with Crippen LogP contribution in [0.4, 0.5) is 0 Å². The van der Waals surface area contributed by atoms with E-state index in [0.717, 1.165) is 31.2 Å². The van der Waals surface area contributed by atoms with Gasteiger partial charge in [0.1, 0.15) is 36.3 Å². The van der Waals surface area contributed by atoms with Crippen molar-refractivity contribution in [2.24, 2.45) is 17.8 Å². The first-order valence-electron chi connectivity index (χ1n) is 15.4. The Labute approximate surface area is 248 Å². The van der Waals surface area contributed by atoms with Crippen LogP contribution in [0.5, 0.6) is 5.75 Å². The van der Waals surface area contributed by atoms with E-state index in [0.29, 0.717) is 31.4 Å². The highest BCUT2D eigenvalue weighted by Gasteiger charge is 2.60. The Kier molecular flexibility index (Phi) is 9.85. The standard InChI is InChI=1S/C33H46O9/c1-2-6-21-10-14-24(15-11-21)41-31-33(39)20-25(22-12-13-23-7-3-16-32(23,38)19-22)26(35)8-5-18-40-27(9-4-17-34)29(42-31)28(36)30(33)37/h2,10-11,14-15,22-23,25-31,34-39H,1,3-4,6-9,12-13,16-17,19-20H2. The molecule has 1 aromatic rings. The molecule has 1 aromatic carbocycles. The van der Waals surface area contributed by atoms with Crippen LogP contribution in [-0.4, -0.2) is 85.3 Å². The van der Waals surface area contributed by atoms with E-state index in [2.05, 4.69) is 18.6 Å². The van der Waals surface area contributed by atoms with Crippen LogP contribution in [0.3, 0.4) is 0 Å². The molecular formula is C33H46O9. The number of hydrogen-bond acceptors (Lipinski definition) is 9. The van der Waals surface area contributed by atoms with Crippen molar-refractivity contribution in [1.82, 2.24) is 0 Å². The predicted molar refractivity (Wildman–Crippen MR) is 154 cm³/mol. The largest absolute Gasteiger partial charge is 0.462 e. The molecule has 11 atom stereocenters. The predicted octanol–water partition coefficient (Wildman–Crippen LogP) is 2.19. The molecular weight excluding hydrogens is 540 g/mol. The fourth-order valence-electron chi connectivity index (χ4n) is 7.74. The fourth-order valence-corrected chi connectivity index (χ4v) is 7.74. The summed E-state index contributed by atoms with van der Waals surface area (Å²) in [5.74, 6) is 2.80. The van der Waals surface area contributed by atoms with Gasteiger partial charge in [-0.2, -0.15) is 0 Å². The van der Waals surface area contributed by atoms with Gasteiger partial charge in [-0.3, -0.25) is 0 Å². The summed E-state index contributed by atoms with van der Waals surface area (Å²) in [5, 5.41) is 67.5. The van der Waals surface area contributed by atoms with Gasteiger partial charge >= 0.3 is 0 Å². The van der Waals surface area contributed by atoms with Gasteiger partial charge in [0.2, 0.25) is 6.29 Å². The molecule has 232 valence electrons. The lowest BCUT2D eigenvalue weighted by Gasteiger charge is -2.52. The third-order valence-electron chi connectivity index (χ3n) is 10.1. The van der Waals surface area contributed by atoms with Crippen LogP contribution in [0.25, 0.3) is 0 Å². The SMILES string of the molecule is C=CCc1ccc(OC2OC3C(CCCO)OC#CCC(O)C(C4CCC5CCCC5(O)C4)CC2(O)C(O)C3O)cc1. The van der Waals surface area contributed by atoms with Crippen LogP contribution < -0.4 is 4.74 Å². The molecule has 6 rings (SSSR count). The summed E-state index contributed by atoms with van der Waals surface area (Å²) in [4.78, 5) is 0. The maximum absolute atomic E-state index is 12.3. The maximum atomic E-state index is 12.3. The molecule has 0 aromatic heterocycles. The van der Waals surface area contributed by atoms with Gasteiger partial charge in [-0.1, -0.05) is 30.6 Å². The van der Waals surface area contributed by atoms with E-state index in [1.165, 1.54) is 0 Å². The molecule has 9 nitrogen and oxygen atoms in total. The van der Waals surface area contributed by atoms with Crippen LogP contribution in [-0.2, 0) is 15.9 Å². The van der Waals surface area contributed by atoms with E-state index in [9.17, 15) is 30.6 Å². The van der Waals surface area contributed by atoms with Gasteiger partial charge in [-0.25, -0.2) is 0 Å². The zero-order chi connectivity index (χ0) is 29.9. The minimum Gasteiger partial charge on any atom is -0.462 e. The molecule has 3 aliphatic heterocycles. The molecule has 0 radical (unpaired) electrons. The highest BCUT2D eigenvalue weighted by atomic mass is 16.7. The Bertz CT molecular complexity index is 1110. The van der Waals surface area contributed by atoms with Crippen molar-refractivity contribution in [3.63, 3.8) is 0 Å². The van der Waals surface area contributed by atoms with Gasteiger partial charge in [0.15, 0.2) is 5.60 Å². The van der Waals surface area contributed by atoms with Gasteiger partial charge in [0.05, 0.1) is 11.7 Å². The first-order valence-corrected chi connectivity index (χ1v) is 15.4. The second-order valence-corrected chi connectivity index (χ2v) is 12.8. The smallest absolute Gasteiger partial charge is 0.232 e. The van der Waals surface area contributed by atoms with Crippen LogP contribution in [0.15, 0.2) is 36.9 Å². The molecule has 6 N–H and O–H groups in total. The van der Waals surface area contributed by atoms with Crippen molar-refractivity contribution in [3.05, 3.63) is 42.5 Å². The summed E-state index contributed by atoms with van der Waals surface area (Å²) in [6, 6.07) is 7.23. The van der Waals surface area contributed by atoms with Gasteiger partial charge in [0, 0.05) is 13.0 Å². The van der Waals surface area contributed by atoms with E-state index in [1.54, 1.807) is 18.2 Å². The Morgan fingerprint density at radius 3 is 2.60 bits per heavy atom. The minimum atomic E-state index is -2.11. The van der Waals surface area contributed by atoms with Crippen molar-refractivity contribution < 1.29 is 44.8 Å². The number of fused-ring (bicyclic) bond motifs is 9. The van der Waals surface area contributed by atoms with E-state index in [1.807, 2.05) is 12.1 Å². The summed E-state index contributed by atoms with van der Waals surface area (Å²) in [5.41, 5.74) is -1.89. The molecule has 2 bridgehead atoms. The Balaban J connectivity index is 1.50. The lowest BCUT2D eigenvalue weighted by molar-refractivity contribution is -0.334. The zero-order valence-corrected chi connectivity index (χ0v) is 24.2. The molecule has 1 saturated heterocycles. The first kappa shape index (κ1) is 31.3. The fraction of sp³-hybridized carbons (Fsp3) is 0.697.